The van der Waals surface area contributed by atoms with Crippen molar-refractivity contribution >= 4 is 33.1 Å². The number of anilines is 1. The predicted octanol–water partition coefficient (Wildman–Crippen LogP) is 2.55. The molecule has 5 heteroatoms. The van der Waals surface area contributed by atoms with Crippen molar-refractivity contribution in [3.05, 3.63) is 28.2 Å². The Balaban J connectivity index is 2.52. The average Bonchev–Trinajstić information content (AvgIpc) is 2.53. The molecule has 0 aliphatic carbocycles. The molecule has 0 bridgehead atoms. The smallest absolute Gasteiger partial charge is 0.145 e. The molecule has 66 valence electrons. The maximum Gasteiger partial charge on any atom is 0.145 e. The molecule has 0 aliphatic rings. The van der Waals surface area contributed by atoms with E-state index < -0.39 is 0 Å². The number of nitrogen functional groups attached to an aromatic ring is 1. The maximum atomic E-state index is 5.52. The minimum absolute atomic E-state index is 0.539. The summed E-state index contributed by atoms with van der Waals surface area (Å²) in [6.45, 7) is 0. The average molecular weight is 256 g/mol. The number of hydrogen-bond acceptors (Lipinski definition) is 4. The summed E-state index contributed by atoms with van der Waals surface area (Å²) in [5.41, 5.74) is 6.36. The Hall–Kier alpha value is -0.940. The fourth-order valence-electron chi connectivity index (χ4n) is 0.938. The van der Waals surface area contributed by atoms with Gasteiger partial charge in [-0.05, 0) is 28.1 Å². The molecule has 0 atom stereocenters. The minimum atomic E-state index is 0.539. The van der Waals surface area contributed by atoms with Crippen molar-refractivity contribution in [2.75, 3.05) is 5.73 Å². The normalized spacial score (nSPS) is 10.2. The van der Waals surface area contributed by atoms with Gasteiger partial charge >= 0.3 is 0 Å². The Kier molecular flexibility index (Phi) is 2.28. The zero-order valence-electron chi connectivity index (χ0n) is 6.57. The first-order valence-electron chi connectivity index (χ1n) is 3.59. The lowest BCUT2D eigenvalue weighted by Crippen LogP contribution is -1.86. The van der Waals surface area contributed by atoms with Crippen LogP contribution in [0.15, 0.2) is 28.2 Å². The van der Waals surface area contributed by atoms with Crippen LogP contribution in [0.5, 0.6) is 0 Å². The standard InChI is InChI=1S/C8H6BrN3S/c9-5-2-1-3-11-7(5)8-12-6(10)4-13-8/h1-4H,10H2. The van der Waals surface area contributed by atoms with Crippen LogP contribution in [0.1, 0.15) is 0 Å². The molecule has 2 rings (SSSR count). The SMILES string of the molecule is Nc1csc(-c2ncccc2Br)n1. The minimum Gasteiger partial charge on any atom is -0.383 e. The molecule has 0 fully saturated rings. The van der Waals surface area contributed by atoms with E-state index in [9.17, 15) is 0 Å². The van der Waals surface area contributed by atoms with Gasteiger partial charge in [0.05, 0.1) is 0 Å². The summed E-state index contributed by atoms with van der Waals surface area (Å²) in [6.07, 6.45) is 1.73. The Morgan fingerprint density at radius 3 is 2.92 bits per heavy atom. The highest BCUT2D eigenvalue weighted by atomic mass is 79.9. The van der Waals surface area contributed by atoms with Crippen molar-refractivity contribution in [3.63, 3.8) is 0 Å². The van der Waals surface area contributed by atoms with Gasteiger partial charge in [-0.25, -0.2) is 4.98 Å². The van der Waals surface area contributed by atoms with Crippen molar-refractivity contribution < 1.29 is 0 Å². The number of pyridine rings is 1. The summed E-state index contributed by atoms with van der Waals surface area (Å²) in [6, 6.07) is 3.80. The molecule has 0 saturated carbocycles. The molecule has 2 aromatic heterocycles. The first-order chi connectivity index (χ1) is 6.27. The molecule has 2 N–H and O–H groups in total. The molecule has 0 amide bonds. The van der Waals surface area contributed by atoms with Gasteiger partial charge in [0.2, 0.25) is 0 Å². The van der Waals surface area contributed by atoms with Crippen LogP contribution >= 0.6 is 27.3 Å². The second kappa shape index (κ2) is 3.43. The summed E-state index contributed by atoms with van der Waals surface area (Å²) in [4.78, 5) is 8.35. The predicted molar refractivity (Wildman–Crippen MR) is 57.5 cm³/mol. The van der Waals surface area contributed by atoms with Crippen LogP contribution < -0.4 is 5.73 Å². The van der Waals surface area contributed by atoms with E-state index in [4.69, 9.17) is 5.73 Å². The Labute approximate surface area is 87.8 Å². The first kappa shape index (κ1) is 8.65. The van der Waals surface area contributed by atoms with Crippen LogP contribution in [0.4, 0.5) is 5.82 Å². The fraction of sp³-hybridized carbons (Fsp3) is 0. The second-order valence-corrected chi connectivity index (χ2v) is 4.12. The highest BCUT2D eigenvalue weighted by Gasteiger charge is 2.07. The molecule has 0 radical (unpaired) electrons. The third kappa shape index (κ3) is 1.71. The number of aromatic nitrogens is 2. The van der Waals surface area contributed by atoms with Crippen LogP contribution in [-0.4, -0.2) is 9.97 Å². The lowest BCUT2D eigenvalue weighted by atomic mass is 10.4. The topological polar surface area (TPSA) is 51.8 Å². The zero-order valence-corrected chi connectivity index (χ0v) is 8.97. The van der Waals surface area contributed by atoms with Gasteiger partial charge < -0.3 is 5.73 Å². The van der Waals surface area contributed by atoms with Crippen LogP contribution in [0, 0.1) is 0 Å². The molecule has 13 heavy (non-hydrogen) atoms. The van der Waals surface area contributed by atoms with Crippen LogP contribution in [0.3, 0.4) is 0 Å². The number of nitrogens with two attached hydrogens (primary N) is 1. The van der Waals surface area contributed by atoms with Gasteiger partial charge in [-0.2, -0.15) is 0 Å². The van der Waals surface area contributed by atoms with E-state index in [2.05, 4.69) is 25.9 Å². The van der Waals surface area contributed by atoms with E-state index >= 15 is 0 Å². The van der Waals surface area contributed by atoms with Gasteiger partial charge in [-0.1, -0.05) is 0 Å². The van der Waals surface area contributed by atoms with E-state index in [0.717, 1.165) is 15.2 Å². The number of rotatable bonds is 1. The summed E-state index contributed by atoms with van der Waals surface area (Å²) < 4.78 is 0.935. The van der Waals surface area contributed by atoms with Gasteiger partial charge in [0, 0.05) is 16.0 Å². The van der Waals surface area contributed by atoms with Crippen LogP contribution in [0.2, 0.25) is 0 Å². The van der Waals surface area contributed by atoms with Crippen molar-refractivity contribution in [1.29, 1.82) is 0 Å². The Morgan fingerprint density at radius 2 is 2.31 bits per heavy atom. The summed E-state index contributed by atoms with van der Waals surface area (Å²) in [7, 11) is 0. The molecule has 0 aliphatic heterocycles. The van der Waals surface area contributed by atoms with Crippen molar-refractivity contribution in [2.45, 2.75) is 0 Å². The van der Waals surface area contributed by atoms with E-state index in [1.807, 2.05) is 12.1 Å². The van der Waals surface area contributed by atoms with E-state index in [-0.39, 0.29) is 0 Å². The molecule has 2 aromatic rings. The molecule has 3 nitrogen and oxygen atoms in total. The highest BCUT2D eigenvalue weighted by molar-refractivity contribution is 9.10. The quantitative estimate of drug-likeness (QED) is 0.853. The van der Waals surface area contributed by atoms with Crippen LogP contribution in [0.25, 0.3) is 10.7 Å². The largest absolute Gasteiger partial charge is 0.383 e. The zero-order chi connectivity index (χ0) is 9.26. The highest BCUT2D eigenvalue weighted by Crippen LogP contribution is 2.28. The van der Waals surface area contributed by atoms with Gasteiger partial charge in [0.1, 0.15) is 16.5 Å². The molecule has 2 heterocycles. The monoisotopic (exact) mass is 255 g/mol. The molecular weight excluding hydrogens is 250 g/mol. The van der Waals surface area contributed by atoms with Crippen molar-refractivity contribution in [1.82, 2.24) is 9.97 Å². The lowest BCUT2D eigenvalue weighted by Gasteiger charge is -1.96. The molecule has 0 aromatic carbocycles. The fourth-order valence-corrected chi connectivity index (χ4v) is 2.23. The third-order valence-corrected chi connectivity index (χ3v) is 2.99. The van der Waals surface area contributed by atoms with E-state index in [1.54, 1.807) is 11.6 Å². The molecule has 0 saturated heterocycles. The molecule has 0 spiro atoms. The first-order valence-corrected chi connectivity index (χ1v) is 5.26. The number of hydrogen-bond donors (Lipinski definition) is 1. The molecule has 0 unspecified atom stereocenters. The van der Waals surface area contributed by atoms with Crippen molar-refractivity contribution in [3.8, 4) is 10.7 Å². The Morgan fingerprint density at radius 1 is 1.46 bits per heavy atom. The van der Waals surface area contributed by atoms with Gasteiger partial charge in [-0.3, -0.25) is 4.98 Å². The van der Waals surface area contributed by atoms with Gasteiger partial charge in [-0.15, -0.1) is 11.3 Å². The number of thiazole rings is 1. The molecular formula is C8H6BrN3S. The van der Waals surface area contributed by atoms with Crippen LogP contribution in [-0.2, 0) is 0 Å². The van der Waals surface area contributed by atoms with E-state index in [0.29, 0.717) is 5.82 Å². The number of halogens is 1. The van der Waals surface area contributed by atoms with E-state index in [1.165, 1.54) is 11.3 Å². The summed E-state index contributed by atoms with van der Waals surface area (Å²) in [5, 5.41) is 2.64. The lowest BCUT2D eigenvalue weighted by molar-refractivity contribution is 1.28. The number of nitrogens with zero attached hydrogens (tertiary/aromatic N) is 2. The Bertz CT molecular complexity index is 427. The third-order valence-electron chi connectivity index (χ3n) is 1.48. The summed E-state index contributed by atoms with van der Waals surface area (Å²) in [5.74, 6) is 0.539. The maximum absolute atomic E-state index is 5.52. The second-order valence-electron chi connectivity index (χ2n) is 2.41. The van der Waals surface area contributed by atoms with Gasteiger partial charge in [0.25, 0.3) is 0 Å². The van der Waals surface area contributed by atoms with Gasteiger partial charge in [0.15, 0.2) is 0 Å². The summed E-state index contributed by atoms with van der Waals surface area (Å²) >= 11 is 4.89. The van der Waals surface area contributed by atoms with Crippen molar-refractivity contribution in [2.24, 2.45) is 0 Å².